The maximum atomic E-state index is 12.8. The zero-order chi connectivity index (χ0) is 21.1. The van der Waals surface area contributed by atoms with Gasteiger partial charge in [0.2, 0.25) is 11.8 Å². The van der Waals surface area contributed by atoms with Gasteiger partial charge in [-0.1, -0.05) is 42.5 Å². The number of rotatable bonds is 5. The maximum Gasteiger partial charge on any atom is 0.242 e. The van der Waals surface area contributed by atoms with Gasteiger partial charge in [0.15, 0.2) is 0 Å². The average Bonchev–Trinajstić information content (AvgIpc) is 3.16. The molecular weight excluding hydrogens is 378 g/mol. The number of carbonyl (C=O) groups is 2. The van der Waals surface area contributed by atoms with Crippen LogP contribution in [0.25, 0.3) is 5.57 Å². The van der Waals surface area contributed by atoms with Gasteiger partial charge in [0.1, 0.15) is 11.9 Å². The van der Waals surface area contributed by atoms with Crippen LogP contribution in [-0.4, -0.2) is 35.4 Å². The SMILES string of the molecule is C[C@H](NC(=O)[C@H]1CC(c2ccccc2)=CCN1)C(=O)NC1CCc2nc(N)ccc21. The van der Waals surface area contributed by atoms with Gasteiger partial charge in [0, 0.05) is 12.2 Å². The van der Waals surface area contributed by atoms with Crippen LogP contribution in [0.15, 0.2) is 48.5 Å². The Bertz CT molecular complexity index is 973. The Balaban J connectivity index is 1.33. The van der Waals surface area contributed by atoms with Crippen molar-refractivity contribution in [2.75, 3.05) is 12.3 Å². The van der Waals surface area contributed by atoms with Gasteiger partial charge in [0.25, 0.3) is 0 Å². The number of amides is 2. The van der Waals surface area contributed by atoms with Crippen molar-refractivity contribution in [3.63, 3.8) is 0 Å². The lowest BCUT2D eigenvalue weighted by Crippen LogP contribution is -2.52. The monoisotopic (exact) mass is 405 g/mol. The van der Waals surface area contributed by atoms with Gasteiger partial charge in [-0.05, 0) is 49.0 Å². The summed E-state index contributed by atoms with van der Waals surface area (Å²) in [6.07, 6.45) is 4.26. The highest BCUT2D eigenvalue weighted by Gasteiger charge is 2.29. The van der Waals surface area contributed by atoms with Crippen molar-refractivity contribution in [3.8, 4) is 0 Å². The zero-order valence-electron chi connectivity index (χ0n) is 17.0. The third kappa shape index (κ3) is 4.36. The normalized spacial score (nSPS) is 21.3. The Morgan fingerprint density at radius 3 is 2.80 bits per heavy atom. The summed E-state index contributed by atoms with van der Waals surface area (Å²) in [6, 6.07) is 12.6. The Morgan fingerprint density at radius 2 is 2.00 bits per heavy atom. The van der Waals surface area contributed by atoms with E-state index in [9.17, 15) is 9.59 Å². The van der Waals surface area contributed by atoms with Crippen LogP contribution in [0.4, 0.5) is 5.82 Å². The lowest BCUT2D eigenvalue weighted by Gasteiger charge is -2.26. The number of pyridine rings is 1. The van der Waals surface area contributed by atoms with Crippen molar-refractivity contribution in [3.05, 3.63) is 65.4 Å². The van der Waals surface area contributed by atoms with Gasteiger partial charge in [-0.25, -0.2) is 4.98 Å². The molecule has 7 nitrogen and oxygen atoms in total. The van der Waals surface area contributed by atoms with Crippen LogP contribution in [0, 0.1) is 0 Å². The molecular formula is C23H27N5O2. The second kappa shape index (κ2) is 8.67. The molecule has 30 heavy (non-hydrogen) atoms. The molecule has 1 aliphatic heterocycles. The molecule has 2 aliphatic rings. The third-order valence-electron chi connectivity index (χ3n) is 5.74. The molecule has 5 N–H and O–H groups in total. The summed E-state index contributed by atoms with van der Waals surface area (Å²) in [5.74, 6) is 0.123. The van der Waals surface area contributed by atoms with E-state index in [-0.39, 0.29) is 23.9 Å². The number of benzene rings is 1. The molecule has 2 heterocycles. The van der Waals surface area contributed by atoms with Crippen molar-refractivity contribution in [2.24, 2.45) is 0 Å². The molecule has 1 unspecified atom stereocenters. The van der Waals surface area contributed by atoms with E-state index >= 15 is 0 Å². The van der Waals surface area contributed by atoms with Crippen LogP contribution in [0.1, 0.15) is 42.6 Å². The zero-order valence-corrected chi connectivity index (χ0v) is 17.0. The molecule has 2 amide bonds. The van der Waals surface area contributed by atoms with Crippen LogP contribution in [0.2, 0.25) is 0 Å². The van der Waals surface area contributed by atoms with E-state index in [2.05, 4.69) is 27.0 Å². The summed E-state index contributed by atoms with van der Waals surface area (Å²) in [4.78, 5) is 29.8. The second-order valence-electron chi connectivity index (χ2n) is 7.86. The minimum atomic E-state index is -0.629. The van der Waals surface area contributed by atoms with Crippen LogP contribution in [0.5, 0.6) is 0 Å². The van der Waals surface area contributed by atoms with Crippen molar-refractivity contribution in [1.82, 2.24) is 20.9 Å². The topological polar surface area (TPSA) is 109 Å². The number of hydrogen-bond donors (Lipinski definition) is 4. The molecule has 0 fully saturated rings. The fourth-order valence-electron chi connectivity index (χ4n) is 4.08. The van der Waals surface area contributed by atoms with Crippen molar-refractivity contribution in [1.29, 1.82) is 0 Å². The number of nitrogen functional groups attached to an aromatic ring is 1. The first kappa shape index (κ1) is 20.1. The van der Waals surface area contributed by atoms with Crippen LogP contribution >= 0.6 is 0 Å². The summed E-state index contributed by atoms with van der Waals surface area (Å²) in [7, 11) is 0. The lowest BCUT2D eigenvalue weighted by atomic mass is 9.95. The largest absolute Gasteiger partial charge is 0.384 e. The highest BCUT2D eigenvalue weighted by atomic mass is 16.2. The average molecular weight is 406 g/mol. The highest BCUT2D eigenvalue weighted by Crippen LogP contribution is 2.30. The van der Waals surface area contributed by atoms with E-state index in [1.165, 1.54) is 0 Å². The minimum Gasteiger partial charge on any atom is -0.384 e. The molecule has 0 saturated carbocycles. The smallest absolute Gasteiger partial charge is 0.242 e. The standard InChI is InChI=1S/C23H27N5O2/c1-14(22(29)28-19-9-8-18-17(19)7-10-21(24)27-18)26-23(30)20-13-16(11-12-25-20)15-5-3-2-4-6-15/h2-7,10-11,14,19-20,25H,8-9,12-13H2,1H3,(H2,24,27)(H,26,30)(H,28,29)/t14-,19?,20+/m0/s1. The van der Waals surface area contributed by atoms with Crippen LogP contribution in [0.3, 0.4) is 0 Å². The molecule has 1 aromatic carbocycles. The minimum absolute atomic E-state index is 0.0969. The van der Waals surface area contributed by atoms with E-state index in [1.54, 1.807) is 13.0 Å². The number of fused-ring (bicyclic) bond motifs is 1. The van der Waals surface area contributed by atoms with Gasteiger partial charge in [0.05, 0.1) is 12.1 Å². The number of aryl methyl sites for hydroxylation is 1. The first-order valence-corrected chi connectivity index (χ1v) is 10.3. The molecule has 0 spiro atoms. The first-order valence-electron chi connectivity index (χ1n) is 10.3. The van der Waals surface area contributed by atoms with Crippen molar-refractivity contribution < 1.29 is 9.59 Å². The van der Waals surface area contributed by atoms with E-state index < -0.39 is 6.04 Å². The number of hydrogen-bond acceptors (Lipinski definition) is 5. The molecule has 0 radical (unpaired) electrons. The molecule has 7 heteroatoms. The molecule has 3 atom stereocenters. The van der Waals surface area contributed by atoms with E-state index in [0.29, 0.717) is 18.8 Å². The molecule has 1 aromatic heterocycles. The van der Waals surface area contributed by atoms with Crippen molar-refractivity contribution >= 4 is 23.2 Å². The summed E-state index contributed by atoms with van der Waals surface area (Å²) in [6.45, 7) is 2.33. The van der Waals surface area contributed by atoms with Crippen molar-refractivity contribution in [2.45, 2.75) is 44.3 Å². The van der Waals surface area contributed by atoms with Crippen LogP contribution in [-0.2, 0) is 16.0 Å². The van der Waals surface area contributed by atoms with Gasteiger partial charge >= 0.3 is 0 Å². The summed E-state index contributed by atoms with van der Waals surface area (Å²) >= 11 is 0. The quantitative estimate of drug-likeness (QED) is 0.606. The molecule has 1 aliphatic carbocycles. The lowest BCUT2D eigenvalue weighted by molar-refractivity contribution is -0.130. The molecule has 4 rings (SSSR count). The van der Waals surface area contributed by atoms with Gasteiger partial charge < -0.3 is 21.7 Å². The number of carbonyl (C=O) groups excluding carboxylic acids is 2. The number of aromatic nitrogens is 1. The van der Waals surface area contributed by atoms with Crippen LogP contribution < -0.4 is 21.7 Å². The highest BCUT2D eigenvalue weighted by molar-refractivity contribution is 5.91. The number of nitrogens with zero attached hydrogens (tertiary/aromatic N) is 1. The summed E-state index contributed by atoms with van der Waals surface area (Å²) in [5.41, 5.74) is 9.94. The molecule has 2 aromatic rings. The third-order valence-corrected chi connectivity index (χ3v) is 5.74. The Kier molecular flexibility index (Phi) is 5.81. The predicted molar refractivity (Wildman–Crippen MR) is 116 cm³/mol. The Morgan fingerprint density at radius 1 is 1.20 bits per heavy atom. The fourth-order valence-corrected chi connectivity index (χ4v) is 4.08. The molecule has 156 valence electrons. The maximum absolute atomic E-state index is 12.8. The number of anilines is 1. The predicted octanol–water partition coefficient (Wildman–Crippen LogP) is 1.72. The first-order chi connectivity index (χ1) is 14.5. The number of nitrogens with one attached hydrogen (secondary N) is 3. The van der Waals surface area contributed by atoms with E-state index in [0.717, 1.165) is 35.2 Å². The molecule has 0 bridgehead atoms. The fraction of sp³-hybridized carbons (Fsp3) is 0.348. The number of nitrogens with two attached hydrogens (primary N) is 1. The molecule has 0 saturated heterocycles. The van der Waals surface area contributed by atoms with Gasteiger partial charge in [-0.15, -0.1) is 0 Å². The Hall–Kier alpha value is -3.19. The van der Waals surface area contributed by atoms with E-state index in [1.807, 2.05) is 36.4 Å². The van der Waals surface area contributed by atoms with Gasteiger partial charge in [-0.3, -0.25) is 9.59 Å². The summed E-state index contributed by atoms with van der Waals surface area (Å²) < 4.78 is 0. The van der Waals surface area contributed by atoms with Gasteiger partial charge in [-0.2, -0.15) is 0 Å². The Labute approximate surface area is 176 Å². The second-order valence-corrected chi connectivity index (χ2v) is 7.86. The summed E-state index contributed by atoms with van der Waals surface area (Å²) in [5, 5.41) is 9.10. The van der Waals surface area contributed by atoms with E-state index in [4.69, 9.17) is 5.73 Å².